The van der Waals surface area contributed by atoms with Crippen LogP contribution in [0.5, 0.6) is 0 Å². The molecule has 0 saturated carbocycles. The van der Waals surface area contributed by atoms with Crippen LogP contribution < -0.4 is 0 Å². The number of rotatable bonds is 4. The summed E-state index contributed by atoms with van der Waals surface area (Å²) in [6, 6.07) is 10.6. The van der Waals surface area contributed by atoms with Crippen LogP contribution in [-0.2, 0) is 4.74 Å². The van der Waals surface area contributed by atoms with Crippen molar-refractivity contribution in [3.63, 3.8) is 0 Å². The summed E-state index contributed by atoms with van der Waals surface area (Å²) in [4.78, 5) is 23.8. The van der Waals surface area contributed by atoms with Crippen molar-refractivity contribution in [1.29, 1.82) is 0 Å². The molecule has 0 bridgehead atoms. The molecule has 0 N–H and O–H groups in total. The fourth-order valence-electron chi connectivity index (χ4n) is 1.88. The standard InChI is InChI=1S/C17H15FO3/c1-11-3-4-12(2)15(9-11)17(20)21-10-16(19)13-5-7-14(18)8-6-13/h3-9H,10H2,1-2H3. The topological polar surface area (TPSA) is 43.4 Å². The summed E-state index contributed by atoms with van der Waals surface area (Å²) in [7, 11) is 0. The number of carbonyl (C=O) groups is 2. The van der Waals surface area contributed by atoms with Gasteiger partial charge in [-0.1, -0.05) is 17.7 Å². The summed E-state index contributed by atoms with van der Waals surface area (Å²) in [6.45, 7) is 3.32. The molecule has 4 heteroatoms. The lowest BCUT2D eigenvalue weighted by Crippen LogP contribution is -2.15. The minimum atomic E-state index is -0.535. The molecule has 0 spiro atoms. The highest BCUT2D eigenvalue weighted by molar-refractivity contribution is 5.99. The van der Waals surface area contributed by atoms with Gasteiger partial charge in [0, 0.05) is 5.56 Å². The fraction of sp³-hybridized carbons (Fsp3) is 0.176. The lowest BCUT2D eigenvalue weighted by Gasteiger charge is -2.07. The molecule has 0 aliphatic carbocycles. The Balaban J connectivity index is 2.02. The van der Waals surface area contributed by atoms with Gasteiger partial charge in [-0.2, -0.15) is 0 Å². The quantitative estimate of drug-likeness (QED) is 0.638. The number of benzene rings is 2. The van der Waals surface area contributed by atoms with Gasteiger partial charge >= 0.3 is 5.97 Å². The number of esters is 1. The van der Waals surface area contributed by atoms with Gasteiger partial charge in [-0.3, -0.25) is 4.79 Å². The molecule has 0 amide bonds. The SMILES string of the molecule is Cc1ccc(C)c(C(=O)OCC(=O)c2ccc(F)cc2)c1. The smallest absolute Gasteiger partial charge is 0.338 e. The first kappa shape index (κ1) is 14.9. The van der Waals surface area contributed by atoms with E-state index in [9.17, 15) is 14.0 Å². The number of carbonyl (C=O) groups excluding carboxylic acids is 2. The van der Waals surface area contributed by atoms with Crippen molar-refractivity contribution in [1.82, 2.24) is 0 Å². The molecule has 0 aromatic heterocycles. The normalized spacial score (nSPS) is 10.2. The number of hydrogen-bond donors (Lipinski definition) is 0. The van der Waals surface area contributed by atoms with Crippen LogP contribution in [0.15, 0.2) is 42.5 Å². The van der Waals surface area contributed by atoms with E-state index in [1.165, 1.54) is 24.3 Å². The first-order valence-electron chi connectivity index (χ1n) is 6.50. The van der Waals surface area contributed by atoms with Crippen LogP contribution in [0.3, 0.4) is 0 Å². The van der Waals surface area contributed by atoms with Gasteiger partial charge in [-0.25, -0.2) is 9.18 Å². The lowest BCUT2D eigenvalue weighted by molar-refractivity contribution is 0.0474. The highest BCUT2D eigenvalue weighted by Gasteiger charge is 2.14. The molecule has 0 aliphatic heterocycles. The zero-order valence-corrected chi connectivity index (χ0v) is 11.9. The number of ketones is 1. The second kappa shape index (κ2) is 6.31. The van der Waals surface area contributed by atoms with E-state index in [4.69, 9.17) is 4.74 Å². The minimum absolute atomic E-state index is 0.310. The molecule has 2 aromatic rings. The molecule has 0 fully saturated rings. The molecule has 21 heavy (non-hydrogen) atoms. The first-order chi connectivity index (χ1) is 9.97. The third-order valence-corrected chi connectivity index (χ3v) is 3.11. The molecular formula is C17H15FO3. The maximum absolute atomic E-state index is 12.8. The summed E-state index contributed by atoms with van der Waals surface area (Å²) >= 11 is 0. The average Bonchev–Trinajstić information content (AvgIpc) is 2.47. The third kappa shape index (κ3) is 3.75. The van der Waals surface area contributed by atoms with Gasteiger partial charge in [0.1, 0.15) is 5.82 Å². The molecule has 0 atom stereocenters. The Morgan fingerprint density at radius 3 is 2.38 bits per heavy atom. The van der Waals surface area contributed by atoms with Crippen molar-refractivity contribution in [3.05, 3.63) is 70.5 Å². The van der Waals surface area contributed by atoms with E-state index in [-0.39, 0.29) is 12.4 Å². The van der Waals surface area contributed by atoms with Crippen molar-refractivity contribution in [2.75, 3.05) is 6.61 Å². The molecule has 0 aliphatic rings. The Morgan fingerprint density at radius 2 is 1.71 bits per heavy atom. The van der Waals surface area contributed by atoms with Gasteiger partial charge < -0.3 is 4.74 Å². The van der Waals surface area contributed by atoms with Gasteiger partial charge in [0.05, 0.1) is 5.56 Å². The Bertz CT molecular complexity index is 675. The Labute approximate surface area is 122 Å². The van der Waals surface area contributed by atoms with Crippen LogP contribution >= 0.6 is 0 Å². The Hall–Kier alpha value is -2.49. The summed E-state index contributed by atoms with van der Waals surface area (Å²) in [5.74, 6) is -1.32. The number of ether oxygens (including phenoxy) is 1. The van der Waals surface area contributed by atoms with E-state index in [0.29, 0.717) is 11.1 Å². The van der Waals surface area contributed by atoms with E-state index in [0.717, 1.165) is 11.1 Å². The minimum Gasteiger partial charge on any atom is -0.454 e. The largest absolute Gasteiger partial charge is 0.454 e. The van der Waals surface area contributed by atoms with Crippen molar-refractivity contribution in [2.45, 2.75) is 13.8 Å². The Kier molecular flexibility index (Phi) is 4.48. The molecule has 2 rings (SSSR count). The Morgan fingerprint density at radius 1 is 1.05 bits per heavy atom. The lowest BCUT2D eigenvalue weighted by atomic mass is 10.1. The monoisotopic (exact) mass is 286 g/mol. The molecule has 0 saturated heterocycles. The molecule has 2 aromatic carbocycles. The zero-order valence-electron chi connectivity index (χ0n) is 11.9. The highest BCUT2D eigenvalue weighted by atomic mass is 19.1. The van der Waals surface area contributed by atoms with Crippen LogP contribution in [0, 0.1) is 19.7 Å². The van der Waals surface area contributed by atoms with Crippen LogP contribution in [0.1, 0.15) is 31.8 Å². The number of halogens is 1. The molecule has 108 valence electrons. The maximum atomic E-state index is 12.8. The van der Waals surface area contributed by atoms with E-state index >= 15 is 0 Å². The third-order valence-electron chi connectivity index (χ3n) is 3.11. The number of hydrogen-bond acceptors (Lipinski definition) is 3. The predicted molar refractivity (Wildman–Crippen MR) is 76.9 cm³/mol. The fourth-order valence-corrected chi connectivity index (χ4v) is 1.88. The number of Topliss-reactive ketones (excluding diaryl/α,β-unsaturated/α-hetero) is 1. The van der Waals surface area contributed by atoms with Crippen molar-refractivity contribution >= 4 is 11.8 Å². The number of aryl methyl sites for hydroxylation is 2. The van der Waals surface area contributed by atoms with Crippen molar-refractivity contribution in [2.24, 2.45) is 0 Å². The van der Waals surface area contributed by atoms with Gasteiger partial charge in [-0.15, -0.1) is 0 Å². The van der Waals surface area contributed by atoms with Gasteiger partial charge in [0.2, 0.25) is 0 Å². The van der Waals surface area contributed by atoms with E-state index in [1.54, 1.807) is 13.0 Å². The molecule has 0 radical (unpaired) electrons. The summed E-state index contributed by atoms with van der Waals surface area (Å²) in [6.07, 6.45) is 0. The molecular weight excluding hydrogens is 271 g/mol. The summed E-state index contributed by atoms with van der Waals surface area (Å²) < 4.78 is 17.8. The molecule has 0 unspecified atom stereocenters. The van der Waals surface area contributed by atoms with Crippen LogP contribution in [-0.4, -0.2) is 18.4 Å². The van der Waals surface area contributed by atoms with E-state index in [2.05, 4.69) is 0 Å². The van der Waals surface area contributed by atoms with E-state index in [1.807, 2.05) is 19.1 Å². The van der Waals surface area contributed by atoms with E-state index < -0.39 is 11.8 Å². The average molecular weight is 286 g/mol. The first-order valence-corrected chi connectivity index (χ1v) is 6.50. The summed E-state index contributed by atoms with van der Waals surface area (Å²) in [5.41, 5.74) is 2.49. The predicted octanol–water partition coefficient (Wildman–Crippen LogP) is 3.48. The van der Waals surface area contributed by atoms with Crippen LogP contribution in [0.25, 0.3) is 0 Å². The van der Waals surface area contributed by atoms with Crippen molar-refractivity contribution in [3.8, 4) is 0 Å². The van der Waals surface area contributed by atoms with Gasteiger partial charge in [0.25, 0.3) is 0 Å². The second-order valence-corrected chi connectivity index (χ2v) is 4.82. The zero-order chi connectivity index (χ0) is 15.4. The molecule has 3 nitrogen and oxygen atoms in total. The van der Waals surface area contributed by atoms with Crippen LogP contribution in [0.2, 0.25) is 0 Å². The highest BCUT2D eigenvalue weighted by Crippen LogP contribution is 2.12. The van der Waals surface area contributed by atoms with Gasteiger partial charge in [0.15, 0.2) is 12.4 Å². The van der Waals surface area contributed by atoms with Crippen molar-refractivity contribution < 1.29 is 18.7 Å². The van der Waals surface area contributed by atoms with Crippen LogP contribution in [0.4, 0.5) is 4.39 Å². The summed E-state index contributed by atoms with van der Waals surface area (Å²) in [5, 5.41) is 0. The molecule has 0 heterocycles. The second-order valence-electron chi connectivity index (χ2n) is 4.82. The maximum Gasteiger partial charge on any atom is 0.338 e. The van der Waals surface area contributed by atoms with Gasteiger partial charge in [-0.05, 0) is 49.7 Å².